The van der Waals surface area contributed by atoms with Crippen molar-refractivity contribution in [2.75, 3.05) is 14.2 Å². The Kier molecular flexibility index (Phi) is 4.90. The van der Waals surface area contributed by atoms with Gasteiger partial charge in [0, 0.05) is 20.1 Å². The number of ether oxygens (including phenoxy) is 2. The third-order valence-electron chi connectivity index (χ3n) is 3.24. The largest absolute Gasteiger partial charge is 0.473 e. The van der Waals surface area contributed by atoms with Crippen molar-refractivity contribution >= 4 is 0 Å². The van der Waals surface area contributed by atoms with Gasteiger partial charge in [-0.2, -0.15) is 0 Å². The van der Waals surface area contributed by atoms with Crippen molar-refractivity contribution < 1.29 is 9.47 Å². The Morgan fingerprint density at radius 1 is 1.28 bits per heavy atom. The maximum atomic E-state index is 5.85. The van der Waals surface area contributed by atoms with Gasteiger partial charge in [0.25, 0.3) is 0 Å². The average Bonchev–Trinajstić information content (AvgIpc) is 2.42. The van der Waals surface area contributed by atoms with Gasteiger partial charge in [0.2, 0.25) is 5.88 Å². The second-order valence-corrected chi connectivity index (χ2v) is 4.64. The Morgan fingerprint density at radius 2 is 2.11 bits per heavy atom. The molecule has 0 aromatic carbocycles. The van der Waals surface area contributed by atoms with Crippen molar-refractivity contribution in [3.63, 3.8) is 0 Å². The lowest BCUT2D eigenvalue weighted by Gasteiger charge is -2.28. The van der Waals surface area contributed by atoms with Crippen molar-refractivity contribution in [2.24, 2.45) is 0 Å². The number of rotatable bonds is 5. The van der Waals surface area contributed by atoms with Crippen LogP contribution in [0, 0.1) is 0 Å². The highest BCUT2D eigenvalue weighted by Gasteiger charge is 2.23. The molecule has 1 aromatic heterocycles. The summed E-state index contributed by atoms with van der Waals surface area (Å²) in [6.07, 6.45) is 8.26. The van der Waals surface area contributed by atoms with Crippen molar-refractivity contribution in [1.82, 2.24) is 15.3 Å². The minimum atomic E-state index is 0.202. The monoisotopic (exact) mass is 251 g/mol. The first-order chi connectivity index (χ1) is 8.81. The molecule has 1 aromatic rings. The predicted molar refractivity (Wildman–Crippen MR) is 68.5 cm³/mol. The minimum Gasteiger partial charge on any atom is -0.473 e. The Morgan fingerprint density at radius 3 is 2.78 bits per heavy atom. The maximum Gasteiger partial charge on any atom is 0.232 e. The molecule has 1 heterocycles. The molecular weight excluding hydrogens is 230 g/mol. The van der Waals surface area contributed by atoms with Gasteiger partial charge in [-0.15, -0.1) is 0 Å². The Balaban J connectivity index is 1.88. The molecule has 100 valence electrons. The van der Waals surface area contributed by atoms with E-state index in [2.05, 4.69) is 15.3 Å². The molecule has 0 bridgehead atoms. The van der Waals surface area contributed by atoms with Gasteiger partial charge in [-0.25, -0.2) is 4.98 Å². The summed E-state index contributed by atoms with van der Waals surface area (Å²) < 4.78 is 11.2. The highest BCUT2D eigenvalue weighted by Crippen LogP contribution is 2.24. The van der Waals surface area contributed by atoms with E-state index in [0.717, 1.165) is 37.9 Å². The van der Waals surface area contributed by atoms with E-state index in [9.17, 15) is 0 Å². The third-order valence-corrected chi connectivity index (χ3v) is 3.24. The highest BCUT2D eigenvalue weighted by atomic mass is 16.5. The molecule has 0 amide bonds. The fourth-order valence-electron chi connectivity index (χ4n) is 2.27. The van der Waals surface area contributed by atoms with Crippen LogP contribution in [0.2, 0.25) is 0 Å². The molecule has 1 fully saturated rings. The molecule has 0 saturated heterocycles. The lowest BCUT2D eigenvalue weighted by molar-refractivity contribution is 0.0193. The number of hydrogen-bond donors (Lipinski definition) is 1. The Hall–Kier alpha value is -1.20. The maximum absolute atomic E-state index is 5.85. The molecule has 0 radical (unpaired) electrons. The Labute approximate surface area is 108 Å². The molecule has 5 nitrogen and oxygen atoms in total. The first-order valence-electron chi connectivity index (χ1n) is 6.46. The van der Waals surface area contributed by atoms with Crippen LogP contribution in [-0.2, 0) is 11.3 Å². The zero-order valence-electron chi connectivity index (χ0n) is 11.1. The number of nitrogens with one attached hydrogen (secondary N) is 1. The summed E-state index contributed by atoms with van der Waals surface area (Å²) in [7, 11) is 3.65. The quantitative estimate of drug-likeness (QED) is 0.860. The molecule has 0 aliphatic heterocycles. The van der Waals surface area contributed by atoms with E-state index in [1.54, 1.807) is 19.5 Å². The van der Waals surface area contributed by atoms with Crippen LogP contribution in [0.25, 0.3) is 0 Å². The molecule has 0 spiro atoms. The van der Waals surface area contributed by atoms with Gasteiger partial charge in [-0.3, -0.25) is 4.98 Å². The average molecular weight is 251 g/mol. The number of methoxy groups -OCH3 is 1. The molecule has 2 unspecified atom stereocenters. The van der Waals surface area contributed by atoms with Crippen molar-refractivity contribution in [1.29, 1.82) is 0 Å². The molecule has 1 aliphatic carbocycles. The van der Waals surface area contributed by atoms with Crippen LogP contribution in [0.15, 0.2) is 12.4 Å². The van der Waals surface area contributed by atoms with Crippen LogP contribution < -0.4 is 10.1 Å². The fourth-order valence-corrected chi connectivity index (χ4v) is 2.27. The van der Waals surface area contributed by atoms with E-state index in [1.807, 2.05) is 7.05 Å². The summed E-state index contributed by atoms with van der Waals surface area (Å²) in [6, 6.07) is 0. The standard InChI is InChI=1S/C13H21N3O2/c1-14-7-10-8-16-13(9-15-10)18-12-5-3-4-11(6-12)17-2/h8-9,11-12,14H,3-7H2,1-2H3. The summed E-state index contributed by atoms with van der Waals surface area (Å²) in [5.74, 6) is 0.608. The summed E-state index contributed by atoms with van der Waals surface area (Å²) in [5, 5.41) is 3.04. The van der Waals surface area contributed by atoms with E-state index in [4.69, 9.17) is 9.47 Å². The van der Waals surface area contributed by atoms with Gasteiger partial charge in [0.05, 0.1) is 24.2 Å². The molecule has 5 heteroatoms. The van der Waals surface area contributed by atoms with E-state index < -0.39 is 0 Å². The number of hydrogen-bond acceptors (Lipinski definition) is 5. The minimum absolute atomic E-state index is 0.202. The van der Waals surface area contributed by atoms with Gasteiger partial charge >= 0.3 is 0 Å². The third kappa shape index (κ3) is 3.65. The van der Waals surface area contributed by atoms with E-state index in [-0.39, 0.29) is 6.10 Å². The van der Waals surface area contributed by atoms with Crippen LogP contribution in [0.5, 0.6) is 5.88 Å². The van der Waals surface area contributed by atoms with Crippen molar-refractivity contribution in [3.8, 4) is 5.88 Å². The highest BCUT2D eigenvalue weighted by molar-refractivity contribution is 5.07. The van der Waals surface area contributed by atoms with Crippen LogP contribution in [0.3, 0.4) is 0 Å². The van der Waals surface area contributed by atoms with Crippen molar-refractivity contribution in [3.05, 3.63) is 18.1 Å². The first-order valence-corrected chi connectivity index (χ1v) is 6.46. The number of aromatic nitrogens is 2. The van der Waals surface area contributed by atoms with E-state index in [0.29, 0.717) is 12.0 Å². The lowest BCUT2D eigenvalue weighted by atomic mass is 9.95. The van der Waals surface area contributed by atoms with Crippen LogP contribution >= 0.6 is 0 Å². The molecular formula is C13H21N3O2. The predicted octanol–water partition coefficient (Wildman–Crippen LogP) is 1.53. The van der Waals surface area contributed by atoms with E-state index >= 15 is 0 Å². The second-order valence-electron chi connectivity index (χ2n) is 4.64. The second kappa shape index (κ2) is 6.66. The summed E-state index contributed by atoms with van der Waals surface area (Å²) >= 11 is 0. The van der Waals surface area contributed by atoms with Gasteiger partial charge in [-0.1, -0.05) is 0 Å². The van der Waals surface area contributed by atoms with Gasteiger partial charge in [-0.05, 0) is 26.3 Å². The molecule has 2 atom stereocenters. The van der Waals surface area contributed by atoms with E-state index in [1.165, 1.54) is 0 Å². The molecule has 1 saturated carbocycles. The molecule has 1 N–H and O–H groups in total. The number of nitrogens with zero attached hydrogens (tertiary/aromatic N) is 2. The van der Waals surface area contributed by atoms with Crippen LogP contribution in [0.1, 0.15) is 31.4 Å². The summed E-state index contributed by atoms with van der Waals surface area (Å²) in [6.45, 7) is 0.725. The van der Waals surface area contributed by atoms with Crippen molar-refractivity contribution in [2.45, 2.75) is 44.4 Å². The lowest BCUT2D eigenvalue weighted by Crippen LogP contribution is -2.29. The zero-order chi connectivity index (χ0) is 12.8. The van der Waals surface area contributed by atoms with Crippen LogP contribution in [-0.4, -0.2) is 36.3 Å². The fraction of sp³-hybridized carbons (Fsp3) is 0.692. The smallest absolute Gasteiger partial charge is 0.232 e. The van der Waals surface area contributed by atoms with Gasteiger partial charge in [0.15, 0.2) is 0 Å². The van der Waals surface area contributed by atoms with Gasteiger partial charge in [0.1, 0.15) is 6.10 Å². The van der Waals surface area contributed by atoms with Gasteiger partial charge < -0.3 is 14.8 Å². The topological polar surface area (TPSA) is 56.3 Å². The summed E-state index contributed by atoms with van der Waals surface area (Å²) in [5.41, 5.74) is 0.920. The summed E-state index contributed by atoms with van der Waals surface area (Å²) in [4.78, 5) is 8.57. The Bertz CT molecular complexity index is 356. The normalized spacial score (nSPS) is 23.9. The SMILES string of the molecule is CNCc1cnc(OC2CCCC(OC)C2)cn1. The zero-order valence-corrected chi connectivity index (χ0v) is 11.1. The molecule has 1 aliphatic rings. The molecule has 18 heavy (non-hydrogen) atoms. The molecule has 2 rings (SSSR count). The van der Waals surface area contributed by atoms with Crippen LogP contribution in [0.4, 0.5) is 0 Å². The first kappa shape index (κ1) is 13.2.